The maximum absolute atomic E-state index is 13.5. The Balaban J connectivity index is 1.61. The maximum atomic E-state index is 13.5. The molecule has 2 aliphatic rings. The van der Waals surface area contributed by atoms with E-state index in [1.54, 1.807) is 51.1 Å². The van der Waals surface area contributed by atoms with E-state index in [-0.39, 0.29) is 79.2 Å². The van der Waals surface area contributed by atoms with E-state index in [4.69, 9.17) is 9.47 Å². The summed E-state index contributed by atoms with van der Waals surface area (Å²) >= 11 is 0. The Kier molecular flexibility index (Phi) is 15.9. The van der Waals surface area contributed by atoms with Crippen LogP contribution in [0.1, 0.15) is 80.8 Å². The molecule has 0 aromatic heterocycles. The monoisotopic (exact) mass is 1050 g/mol. The number of aliphatic carboxylic acids is 1. The fourth-order valence-electron chi connectivity index (χ4n) is 9.69. The molecule has 0 bridgehead atoms. The third-order valence-electron chi connectivity index (χ3n) is 12.7. The number of anilines is 1. The number of carboxylic acids is 1. The molecule has 4 aromatic rings. The third-order valence-corrected chi connectivity index (χ3v) is 16.1. The number of rotatable bonds is 22. The molecule has 0 spiro atoms. The molecule has 0 saturated heterocycles. The smallest absolute Gasteiger partial charge is 0.303 e. The summed E-state index contributed by atoms with van der Waals surface area (Å²) in [6, 6.07) is 9.96. The van der Waals surface area contributed by atoms with Crippen molar-refractivity contribution in [3.8, 4) is 0 Å². The Hall–Kier alpha value is -5.15. The summed E-state index contributed by atoms with van der Waals surface area (Å²) in [5.74, 6) is -2.44. The number of allylic oxidation sites excluding steroid dienone is 4. The largest absolute Gasteiger partial charge is 0.748 e. The Morgan fingerprint density at radius 3 is 1.99 bits per heavy atom. The van der Waals surface area contributed by atoms with Gasteiger partial charge in [0.25, 0.3) is 5.91 Å². The van der Waals surface area contributed by atoms with Crippen molar-refractivity contribution in [1.82, 2.24) is 5.32 Å². The summed E-state index contributed by atoms with van der Waals surface area (Å²) in [5, 5.41) is 12.0. The van der Waals surface area contributed by atoms with Crippen molar-refractivity contribution in [2.24, 2.45) is 0 Å². The van der Waals surface area contributed by atoms with Gasteiger partial charge in [-0.05, 0) is 111 Å². The topological polar surface area (TPSA) is 320 Å². The molecule has 2 heterocycles. The van der Waals surface area contributed by atoms with E-state index >= 15 is 0 Å². The van der Waals surface area contributed by atoms with E-state index in [1.807, 2.05) is 9.48 Å². The van der Waals surface area contributed by atoms with Crippen LogP contribution < -0.4 is 10.2 Å². The standard InChI is InChI=1S/C46H55N3O17S4/c1-45(2)39(48(20-8-6-7-13-41(50)51)35-16-14-32-34(42(35)45)27-30(68(56,57)58)28-38(32)70(62,63)64)11-9-12-40-46(3,18-10-24-67(53,54)55)43-33-25-29(44(52)47-19-22-65-4)26-37(69(59,60)61)31(33)15-17-36(43)49(40)21-23-66-5/h9,11-12,14-17,25-28H,6-8,10,13,18-24H2,1-5H3,(H5-,47,50,51,52,53,54,55,56,57,58,59,60,61,62,63,64)/p-3. The first kappa shape index (κ1) is 54.2. The molecule has 0 radical (unpaired) electrons. The van der Waals surface area contributed by atoms with E-state index < -0.39 is 83.6 Å². The molecule has 1 amide bonds. The highest BCUT2D eigenvalue weighted by atomic mass is 32.2. The molecule has 0 saturated carbocycles. The van der Waals surface area contributed by atoms with Crippen LogP contribution in [-0.4, -0.2) is 132 Å². The highest BCUT2D eigenvalue weighted by molar-refractivity contribution is 7.87. The van der Waals surface area contributed by atoms with Gasteiger partial charge < -0.3 is 43.0 Å². The lowest BCUT2D eigenvalue weighted by molar-refractivity contribution is -0.438. The minimum atomic E-state index is -5.32. The van der Waals surface area contributed by atoms with Gasteiger partial charge in [-0.15, -0.1) is 0 Å². The van der Waals surface area contributed by atoms with Crippen LogP contribution in [0.15, 0.2) is 87.1 Å². The number of fused-ring (bicyclic) bond motifs is 6. The lowest BCUT2D eigenvalue weighted by Crippen LogP contribution is -2.31. The van der Waals surface area contributed by atoms with Crippen LogP contribution >= 0.6 is 0 Å². The Bertz CT molecular complexity index is 3330. The van der Waals surface area contributed by atoms with Gasteiger partial charge in [0, 0.05) is 91.4 Å². The fourth-order valence-corrected chi connectivity index (χ4v) is 12.2. The number of carbonyl (C=O) groups excluding carboxylic acids is 1. The number of methoxy groups -OCH3 is 2. The van der Waals surface area contributed by atoms with Crippen LogP contribution in [-0.2, 0) is 65.6 Å². The van der Waals surface area contributed by atoms with Gasteiger partial charge in [-0.25, -0.2) is 33.7 Å². The van der Waals surface area contributed by atoms with E-state index in [0.29, 0.717) is 59.2 Å². The van der Waals surface area contributed by atoms with Crippen molar-refractivity contribution in [3.05, 3.63) is 89.1 Å². The number of unbranched alkanes of at least 4 members (excludes halogenated alkanes) is 2. The predicted molar refractivity (Wildman–Crippen MR) is 253 cm³/mol. The summed E-state index contributed by atoms with van der Waals surface area (Å²) in [6.45, 7) is 6.06. The van der Waals surface area contributed by atoms with E-state index in [2.05, 4.69) is 5.32 Å². The molecule has 70 heavy (non-hydrogen) atoms. The number of nitrogens with one attached hydrogen (secondary N) is 1. The zero-order chi connectivity index (χ0) is 51.8. The average Bonchev–Trinajstić information content (AvgIpc) is 3.62. The molecular weight excluding hydrogens is 995 g/mol. The predicted octanol–water partition coefficient (Wildman–Crippen LogP) is 4.29. The summed E-state index contributed by atoms with van der Waals surface area (Å²) < 4.78 is 162. The number of ether oxygens (including phenoxy) is 2. The van der Waals surface area contributed by atoms with Crippen LogP contribution in [0, 0.1) is 0 Å². The van der Waals surface area contributed by atoms with Crippen LogP contribution in [0.4, 0.5) is 11.4 Å². The van der Waals surface area contributed by atoms with E-state index in [0.717, 1.165) is 12.1 Å². The molecule has 2 aliphatic heterocycles. The average molecular weight is 1050 g/mol. The molecule has 2 N–H and O–H groups in total. The lowest BCUT2D eigenvalue weighted by Gasteiger charge is -2.31. The highest BCUT2D eigenvalue weighted by Gasteiger charge is 2.47. The number of nitrogens with zero attached hydrogens (tertiary/aromatic N) is 2. The first-order valence-corrected chi connectivity index (χ1v) is 27.7. The van der Waals surface area contributed by atoms with E-state index in [1.165, 1.54) is 32.4 Å². The molecule has 20 nitrogen and oxygen atoms in total. The number of amides is 1. The molecule has 6 rings (SSSR count). The van der Waals surface area contributed by atoms with Crippen molar-refractivity contribution < 1.29 is 80.6 Å². The van der Waals surface area contributed by atoms with Crippen molar-refractivity contribution in [2.45, 2.75) is 84.8 Å². The van der Waals surface area contributed by atoms with E-state index in [9.17, 15) is 66.6 Å². The molecule has 1 atom stereocenters. The van der Waals surface area contributed by atoms with Crippen LogP contribution in [0.3, 0.4) is 0 Å². The zero-order valence-electron chi connectivity index (χ0n) is 38.8. The van der Waals surface area contributed by atoms with Gasteiger partial charge >= 0.3 is 5.97 Å². The highest BCUT2D eigenvalue weighted by Crippen LogP contribution is 2.54. The molecule has 1 unspecified atom stereocenters. The second-order valence-corrected chi connectivity index (χ2v) is 23.3. The number of carbonyl (C=O) groups is 2. The second-order valence-electron chi connectivity index (χ2n) is 17.7. The SMILES string of the molecule is COCCNC(=O)c1cc(S(=O)(=O)[O-])c2ccc3c(c2c1)C(C)(CCCS(=O)(=O)[O-])/C(=C\C=C\C1=[N+](CCCCCC(=O)O)c2ccc4c(S(=O)(=O)[O-])cc(S(=O)(=O)[O-])cc4c2C1(C)C)N3CCOC. The second kappa shape index (κ2) is 20.5. The van der Waals surface area contributed by atoms with Crippen molar-refractivity contribution in [2.75, 3.05) is 57.7 Å². The Morgan fingerprint density at radius 1 is 0.757 bits per heavy atom. The van der Waals surface area contributed by atoms with Crippen molar-refractivity contribution in [1.29, 1.82) is 0 Å². The van der Waals surface area contributed by atoms with Crippen molar-refractivity contribution in [3.63, 3.8) is 0 Å². The maximum Gasteiger partial charge on any atom is 0.303 e. The Morgan fingerprint density at radius 2 is 1.39 bits per heavy atom. The lowest BCUT2D eigenvalue weighted by atomic mass is 9.75. The third kappa shape index (κ3) is 11.3. The number of carboxylic acid groups (broad SMARTS) is 1. The Labute approximate surface area is 406 Å². The van der Waals surface area contributed by atoms with Gasteiger partial charge in [-0.3, -0.25) is 9.59 Å². The fraction of sp³-hybridized carbons (Fsp3) is 0.413. The van der Waals surface area contributed by atoms with Crippen LogP contribution in [0.25, 0.3) is 21.5 Å². The van der Waals surface area contributed by atoms with Gasteiger partial charge in [0.2, 0.25) is 5.69 Å². The van der Waals surface area contributed by atoms with Gasteiger partial charge in [0.15, 0.2) is 5.71 Å². The number of hydrogen-bond donors (Lipinski definition) is 2. The van der Waals surface area contributed by atoms with Crippen LogP contribution in [0.5, 0.6) is 0 Å². The quantitative estimate of drug-likeness (QED) is 0.0630. The molecule has 24 heteroatoms. The van der Waals surface area contributed by atoms with Gasteiger partial charge in [0.1, 0.15) is 36.9 Å². The minimum Gasteiger partial charge on any atom is -0.748 e. The summed E-state index contributed by atoms with van der Waals surface area (Å²) in [6.07, 6.45) is 6.14. The molecular formula is C46H52N3O17S4-3. The normalized spacial score (nSPS) is 17.8. The zero-order valence-corrected chi connectivity index (χ0v) is 42.1. The first-order valence-electron chi connectivity index (χ1n) is 21.9. The van der Waals surface area contributed by atoms with Gasteiger partial charge in [-0.1, -0.05) is 12.1 Å². The van der Waals surface area contributed by atoms with Crippen molar-refractivity contribution >= 4 is 91.0 Å². The molecule has 380 valence electrons. The number of hydrogen-bond acceptors (Lipinski definition) is 17. The summed E-state index contributed by atoms with van der Waals surface area (Å²) in [7, 11) is -17.7. The van der Waals surface area contributed by atoms with Crippen LogP contribution in [0.2, 0.25) is 0 Å². The summed E-state index contributed by atoms with van der Waals surface area (Å²) in [4.78, 5) is 24.1. The number of benzene rings is 4. The molecule has 0 aliphatic carbocycles. The minimum absolute atomic E-state index is 0.0125. The van der Waals surface area contributed by atoms with Gasteiger partial charge in [0.05, 0.1) is 43.4 Å². The first-order chi connectivity index (χ1) is 32.6. The molecule has 0 fully saturated rings. The van der Waals surface area contributed by atoms with Gasteiger partial charge in [-0.2, -0.15) is 4.58 Å². The molecule has 4 aromatic carbocycles. The summed E-state index contributed by atoms with van der Waals surface area (Å²) in [5.41, 5.74) is 0.280.